The van der Waals surface area contributed by atoms with Gasteiger partial charge in [-0.3, -0.25) is 9.38 Å². The average molecular weight is 321 g/mol. The number of hydrogen-bond acceptors (Lipinski definition) is 4. The highest BCUT2D eigenvalue weighted by atomic mass is 16.5. The summed E-state index contributed by atoms with van der Waals surface area (Å²) in [7, 11) is 0. The predicted octanol–water partition coefficient (Wildman–Crippen LogP) is 3.83. The average Bonchev–Trinajstić information content (AvgIpc) is 3.35. The number of fused-ring (bicyclic) bond motifs is 1. The van der Waals surface area contributed by atoms with Gasteiger partial charge in [-0.25, -0.2) is 9.78 Å². The van der Waals surface area contributed by atoms with E-state index >= 15 is 0 Å². The van der Waals surface area contributed by atoms with Crippen molar-refractivity contribution in [2.75, 3.05) is 0 Å². The van der Waals surface area contributed by atoms with Crippen LogP contribution in [0.2, 0.25) is 0 Å². The summed E-state index contributed by atoms with van der Waals surface area (Å²) in [5.74, 6) is 1.26. The van der Waals surface area contributed by atoms with Crippen LogP contribution in [0.5, 0.6) is 0 Å². The SMILES string of the molecule is Cc1c(C(=O)O[C@H](C)c2cccnc2)ccc2cnc(C3CC3)n12. The van der Waals surface area contributed by atoms with Gasteiger partial charge in [0.15, 0.2) is 0 Å². The fourth-order valence-corrected chi connectivity index (χ4v) is 3.03. The summed E-state index contributed by atoms with van der Waals surface area (Å²) < 4.78 is 7.72. The Bertz CT molecular complexity index is 898. The molecule has 3 aromatic heterocycles. The Morgan fingerprint density at radius 1 is 1.29 bits per heavy atom. The molecule has 0 saturated heterocycles. The van der Waals surface area contributed by atoms with Crippen LogP contribution in [0.3, 0.4) is 0 Å². The topological polar surface area (TPSA) is 56.5 Å². The molecule has 5 nitrogen and oxygen atoms in total. The number of rotatable bonds is 4. The summed E-state index contributed by atoms with van der Waals surface area (Å²) in [5.41, 5.74) is 3.37. The zero-order valence-electron chi connectivity index (χ0n) is 13.8. The highest BCUT2D eigenvalue weighted by Crippen LogP contribution is 2.40. The molecule has 0 N–H and O–H groups in total. The van der Waals surface area contributed by atoms with E-state index < -0.39 is 0 Å². The lowest BCUT2D eigenvalue weighted by Gasteiger charge is -2.15. The van der Waals surface area contributed by atoms with Crippen molar-refractivity contribution in [3.8, 4) is 0 Å². The van der Waals surface area contributed by atoms with Crippen LogP contribution >= 0.6 is 0 Å². The van der Waals surface area contributed by atoms with Crippen molar-refractivity contribution >= 4 is 11.5 Å². The van der Waals surface area contributed by atoms with Gasteiger partial charge >= 0.3 is 5.97 Å². The molecule has 0 bridgehead atoms. The first-order valence-corrected chi connectivity index (χ1v) is 8.23. The predicted molar refractivity (Wildman–Crippen MR) is 90.0 cm³/mol. The van der Waals surface area contributed by atoms with E-state index in [0.717, 1.165) is 22.6 Å². The molecule has 122 valence electrons. The van der Waals surface area contributed by atoms with Gasteiger partial charge in [-0.2, -0.15) is 0 Å². The second-order valence-corrected chi connectivity index (χ2v) is 6.32. The molecule has 3 aromatic rings. The van der Waals surface area contributed by atoms with Gasteiger partial charge in [0.05, 0.1) is 17.3 Å². The lowest BCUT2D eigenvalue weighted by Crippen LogP contribution is -2.13. The first-order chi connectivity index (χ1) is 11.6. The number of ether oxygens (including phenoxy) is 1. The van der Waals surface area contributed by atoms with Crippen LogP contribution < -0.4 is 0 Å². The Hall–Kier alpha value is -2.69. The molecule has 1 aliphatic carbocycles. The number of carbonyl (C=O) groups excluding carboxylic acids is 1. The van der Waals surface area contributed by atoms with Gasteiger partial charge in [-0.05, 0) is 44.9 Å². The van der Waals surface area contributed by atoms with Crippen molar-refractivity contribution in [2.24, 2.45) is 0 Å². The maximum Gasteiger partial charge on any atom is 0.340 e. The number of aryl methyl sites for hydroxylation is 1. The van der Waals surface area contributed by atoms with Crippen LogP contribution in [-0.2, 0) is 4.74 Å². The standard InChI is InChI=1S/C19H19N3O2/c1-12-17(19(23)24-13(2)15-4-3-9-20-10-15)8-7-16-11-21-18(22(12)16)14-5-6-14/h3-4,7-11,13-14H,5-6H2,1-2H3/t13-/m1/s1. The summed E-state index contributed by atoms with van der Waals surface area (Å²) in [6.07, 6.45) is 7.29. The van der Waals surface area contributed by atoms with E-state index in [-0.39, 0.29) is 12.1 Å². The summed E-state index contributed by atoms with van der Waals surface area (Å²) in [4.78, 5) is 21.2. The van der Waals surface area contributed by atoms with Gasteiger partial charge in [0, 0.05) is 29.6 Å². The van der Waals surface area contributed by atoms with Gasteiger partial charge in [-0.15, -0.1) is 0 Å². The monoisotopic (exact) mass is 321 g/mol. The normalized spacial score (nSPS) is 15.4. The van der Waals surface area contributed by atoms with E-state index in [2.05, 4.69) is 14.4 Å². The molecule has 0 amide bonds. The zero-order valence-corrected chi connectivity index (χ0v) is 13.8. The largest absolute Gasteiger partial charge is 0.454 e. The molecule has 1 aliphatic rings. The maximum atomic E-state index is 12.6. The van der Waals surface area contributed by atoms with Crippen molar-refractivity contribution in [1.82, 2.24) is 14.4 Å². The van der Waals surface area contributed by atoms with Crippen LogP contribution in [0.25, 0.3) is 5.52 Å². The molecular formula is C19H19N3O2. The molecule has 0 spiro atoms. The third kappa shape index (κ3) is 2.56. The van der Waals surface area contributed by atoms with Crippen molar-refractivity contribution < 1.29 is 9.53 Å². The van der Waals surface area contributed by atoms with Gasteiger partial charge in [0.1, 0.15) is 11.9 Å². The van der Waals surface area contributed by atoms with Crippen molar-refractivity contribution in [2.45, 2.75) is 38.7 Å². The molecule has 0 aliphatic heterocycles. The number of hydrogen-bond donors (Lipinski definition) is 0. The van der Waals surface area contributed by atoms with Crippen LogP contribution in [0.1, 0.15) is 59.2 Å². The van der Waals surface area contributed by atoms with Crippen LogP contribution in [0.15, 0.2) is 42.9 Å². The number of nitrogens with zero attached hydrogens (tertiary/aromatic N) is 3. The van der Waals surface area contributed by atoms with Gasteiger partial charge < -0.3 is 4.74 Å². The summed E-state index contributed by atoms with van der Waals surface area (Å²) in [6.45, 7) is 3.81. The lowest BCUT2D eigenvalue weighted by atomic mass is 10.1. The summed E-state index contributed by atoms with van der Waals surface area (Å²) >= 11 is 0. The summed E-state index contributed by atoms with van der Waals surface area (Å²) in [6, 6.07) is 7.49. The highest BCUT2D eigenvalue weighted by molar-refractivity contribution is 5.91. The molecule has 5 heteroatoms. The smallest absolute Gasteiger partial charge is 0.340 e. The third-order valence-corrected chi connectivity index (χ3v) is 4.56. The van der Waals surface area contributed by atoms with E-state index in [0.29, 0.717) is 11.5 Å². The minimum atomic E-state index is -0.341. The fourth-order valence-electron chi connectivity index (χ4n) is 3.03. The van der Waals surface area contributed by atoms with Gasteiger partial charge in [0.25, 0.3) is 0 Å². The van der Waals surface area contributed by atoms with Crippen LogP contribution in [0.4, 0.5) is 0 Å². The zero-order chi connectivity index (χ0) is 16.7. The Labute approximate surface area is 140 Å². The maximum absolute atomic E-state index is 12.6. The van der Waals surface area contributed by atoms with E-state index in [1.54, 1.807) is 12.4 Å². The number of aromatic nitrogens is 3. The van der Waals surface area contributed by atoms with E-state index in [1.165, 1.54) is 12.8 Å². The molecule has 0 aromatic carbocycles. The van der Waals surface area contributed by atoms with Crippen molar-refractivity contribution in [1.29, 1.82) is 0 Å². The Kier molecular flexibility index (Phi) is 3.56. The molecule has 1 fully saturated rings. The molecule has 0 unspecified atom stereocenters. The Balaban J connectivity index is 1.64. The quantitative estimate of drug-likeness (QED) is 0.685. The molecule has 1 saturated carbocycles. The van der Waals surface area contributed by atoms with Crippen LogP contribution in [-0.4, -0.2) is 20.3 Å². The van der Waals surface area contributed by atoms with Gasteiger partial charge in [-0.1, -0.05) is 6.07 Å². The van der Waals surface area contributed by atoms with E-state index in [9.17, 15) is 4.79 Å². The lowest BCUT2D eigenvalue weighted by molar-refractivity contribution is 0.0335. The molecular weight excluding hydrogens is 302 g/mol. The minimum Gasteiger partial charge on any atom is -0.454 e. The molecule has 4 rings (SSSR count). The molecule has 0 radical (unpaired) electrons. The van der Waals surface area contributed by atoms with Crippen molar-refractivity contribution in [3.63, 3.8) is 0 Å². The number of carbonyl (C=O) groups is 1. The Morgan fingerprint density at radius 2 is 2.12 bits per heavy atom. The number of pyridine rings is 2. The minimum absolute atomic E-state index is 0.318. The van der Waals surface area contributed by atoms with E-state index in [4.69, 9.17) is 4.74 Å². The number of imidazole rings is 1. The van der Waals surface area contributed by atoms with Crippen molar-refractivity contribution in [3.05, 3.63) is 65.5 Å². The first kappa shape index (κ1) is 14.9. The van der Waals surface area contributed by atoms with Gasteiger partial charge in [0.2, 0.25) is 0 Å². The molecule has 3 heterocycles. The molecule has 1 atom stereocenters. The Morgan fingerprint density at radius 3 is 2.83 bits per heavy atom. The van der Waals surface area contributed by atoms with E-state index in [1.807, 2.05) is 44.3 Å². The second kappa shape index (κ2) is 5.74. The second-order valence-electron chi connectivity index (χ2n) is 6.32. The number of esters is 1. The van der Waals surface area contributed by atoms with Crippen LogP contribution in [0, 0.1) is 6.92 Å². The summed E-state index contributed by atoms with van der Waals surface area (Å²) in [5, 5.41) is 0. The first-order valence-electron chi connectivity index (χ1n) is 8.23. The fraction of sp³-hybridized carbons (Fsp3) is 0.316. The highest BCUT2D eigenvalue weighted by Gasteiger charge is 2.29. The molecule has 24 heavy (non-hydrogen) atoms. The third-order valence-electron chi connectivity index (χ3n) is 4.56.